The summed E-state index contributed by atoms with van der Waals surface area (Å²) < 4.78 is 7.29. The maximum absolute atomic E-state index is 12.0. The van der Waals surface area contributed by atoms with E-state index in [4.69, 9.17) is 4.74 Å². The molecule has 0 fully saturated rings. The molecule has 2 aromatic heterocycles. The number of hydrogen-bond acceptors (Lipinski definition) is 4. The number of hydrogen-bond donors (Lipinski definition) is 1. The highest BCUT2D eigenvalue weighted by molar-refractivity contribution is 5.93. The summed E-state index contributed by atoms with van der Waals surface area (Å²) >= 11 is 0. The molecule has 0 bridgehead atoms. The molecule has 0 atom stereocenters. The molecule has 0 radical (unpaired) electrons. The lowest BCUT2D eigenvalue weighted by Gasteiger charge is -2.19. The van der Waals surface area contributed by atoms with Crippen LogP contribution in [0.3, 0.4) is 0 Å². The number of anilines is 1. The normalized spacial score (nSPS) is 11.4. The molecule has 2 rings (SSSR count). The van der Waals surface area contributed by atoms with Crippen LogP contribution in [-0.4, -0.2) is 32.7 Å². The second-order valence-corrected chi connectivity index (χ2v) is 5.67. The van der Waals surface area contributed by atoms with Gasteiger partial charge < -0.3 is 10.1 Å². The molecule has 2 heterocycles. The van der Waals surface area contributed by atoms with Crippen LogP contribution < -0.4 is 5.32 Å². The molecule has 0 unspecified atom stereocenters. The average Bonchev–Trinajstić information content (AvgIpc) is 2.82. The highest BCUT2D eigenvalue weighted by Crippen LogP contribution is 2.18. The molecule has 0 aliphatic heterocycles. The molecule has 1 N–H and O–H groups in total. The molecule has 112 valence electrons. The van der Waals surface area contributed by atoms with Crippen molar-refractivity contribution >= 4 is 11.6 Å². The zero-order valence-electron chi connectivity index (χ0n) is 12.8. The summed E-state index contributed by atoms with van der Waals surface area (Å²) in [4.78, 5) is 20.5. The summed E-state index contributed by atoms with van der Waals surface area (Å²) in [5.41, 5.74) is 0.275. The summed E-state index contributed by atoms with van der Waals surface area (Å²) in [7, 11) is 0. The fraction of sp³-hybridized carbons (Fsp3) is 0.400. The Morgan fingerprint density at radius 2 is 2.10 bits per heavy atom. The van der Waals surface area contributed by atoms with Crippen LogP contribution in [0.25, 0.3) is 5.82 Å². The Balaban J connectivity index is 2.14. The topological polar surface area (TPSA) is 69.0 Å². The van der Waals surface area contributed by atoms with Crippen molar-refractivity contribution in [2.24, 2.45) is 0 Å². The lowest BCUT2D eigenvalue weighted by Crippen LogP contribution is -2.27. The first-order valence-corrected chi connectivity index (χ1v) is 6.76. The van der Waals surface area contributed by atoms with Gasteiger partial charge in [0.25, 0.3) is 0 Å². The highest BCUT2D eigenvalue weighted by Gasteiger charge is 2.15. The summed E-state index contributed by atoms with van der Waals surface area (Å²) in [5, 5.41) is 2.82. The second-order valence-electron chi connectivity index (χ2n) is 5.67. The van der Waals surface area contributed by atoms with Crippen molar-refractivity contribution < 1.29 is 9.53 Å². The molecule has 21 heavy (non-hydrogen) atoms. The number of aromatic nitrogens is 3. The third kappa shape index (κ3) is 4.13. The Labute approximate surface area is 124 Å². The number of pyridine rings is 1. The molecule has 1 amide bonds. The molecule has 6 heteroatoms. The van der Waals surface area contributed by atoms with Crippen molar-refractivity contribution in [3.05, 3.63) is 36.5 Å². The number of carbonyl (C=O) groups is 1. The molecule has 2 aromatic rings. The maximum Gasteiger partial charge on any atom is 0.250 e. The zero-order chi connectivity index (χ0) is 15.5. The van der Waals surface area contributed by atoms with Gasteiger partial charge in [0.1, 0.15) is 12.4 Å². The van der Waals surface area contributed by atoms with Crippen molar-refractivity contribution in [1.82, 2.24) is 14.5 Å². The molecule has 6 nitrogen and oxygen atoms in total. The summed E-state index contributed by atoms with van der Waals surface area (Å²) in [6.45, 7) is 7.60. The number of carbonyl (C=O) groups excluding carboxylic acids is 1. The van der Waals surface area contributed by atoms with Gasteiger partial charge >= 0.3 is 0 Å². The van der Waals surface area contributed by atoms with Gasteiger partial charge in [0, 0.05) is 18.6 Å². The van der Waals surface area contributed by atoms with E-state index in [0.717, 1.165) is 5.82 Å². The molecular formula is C15H20N4O2. The van der Waals surface area contributed by atoms with E-state index in [1.165, 1.54) is 0 Å². The van der Waals surface area contributed by atoms with Gasteiger partial charge in [0.15, 0.2) is 5.82 Å². The summed E-state index contributed by atoms with van der Waals surface area (Å²) in [6, 6.07) is 3.58. The number of nitrogens with one attached hydrogen (secondary N) is 1. The van der Waals surface area contributed by atoms with Crippen LogP contribution in [0.1, 0.15) is 26.6 Å². The Bertz CT molecular complexity index is 629. The molecule has 0 saturated carbocycles. The molecule has 0 aliphatic carbocycles. The highest BCUT2D eigenvalue weighted by atomic mass is 16.5. The molecule has 0 spiro atoms. The minimum absolute atomic E-state index is 0.000739. The van der Waals surface area contributed by atoms with Crippen molar-refractivity contribution in [2.45, 2.75) is 33.3 Å². The van der Waals surface area contributed by atoms with Gasteiger partial charge in [-0.15, -0.1) is 0 Å². The Morgan fingerprint density at radius 1 is 1.33 bits per heavy atom. The maximum atomic E-state index is 12.0. The van der Waals surface area contributed by atoms with Crippen LogP contribution in [0.15, 0.2) is 30.7 Å². The van der Waals surface area contributed by atoms with Gasteiger partial charge in [-0.3, -0.25) is 9.36 Å². The van der Waals surface area contributed by atoms with Crippen LogP contribution in [0.2, 0.25) is 0 Å². The number of nitrogens with zero attached hydrogens (tertiary/aromatic N) is 3. The van der Waals surface area contributed by atoms with Crippen molar-refractivity contribution in [3.63, 3.8) is 0 Å². The van der Waals surface area contributed by atoms with Gasteiger partial charge in [-0.25, -0.2) is 9.97 Å². The van der Waals surface area contributed by atoms with Crippen molar-refractivity contribution in [2.75, 3.05) is 11.9 Å². The van der Waals surface area contributed by atoms with E-state index in [2.05, 4.69) is 15.3 Å². The van der Waals surface area contributed by atoms with E-state index < -0.39 is 0 Å². The van der Waals surface area contributed by atoms with Gasteiger partial charge in [-0.05, 0) is 39.8 Å². The minimum atomic E-state index is -0.351. The Kier molecular flexibility index (Phi) is 4.37. The average molecular weight is 288 g/mol. The lowest BCUT2D eigenvalue weighted by molar-refractivity contribution is -0.125. The van der Waals surface area contributed by atoms with Gasteiger partial charge in [-0.1, -0.05) is 0 Å². The first-order valence-electron chi connectivity index (χ1n) is 6.76. The predicted molar refractivity (Wildman–Crippen MR) is 80.4 cm³/mol. The van der Waals surface area contributed by atoms with Crippen molar-refractivity contribution in [1.29, 1.82) is 0 Å². The SMILES string of the molecule is Cc1nccn1-c1ncccc1NC(=O)COC(C)(C)C. The Hall–Kier alpha value is -2.21. The second kappa shape index (κ2) is 6.05. The molecule has 0 saturated heterocycles. The van der Waals surface area contributed by atoms with Gasteiger partial charge in [-0.2, -0.15) is 0 Å². The first kappa shape index (κ1) is 15.2. The first-order chi connectivity index (χ1) is 9.87. The predicted octanol–water partition coefficient (Wildman–Crippen LogP) is 2.33. The van der Waals surface area contributed by atoms with E-state index in [9.17, 15) is 4.79 Å². The van der Waals surface area contributed by atoms with E-state index in [0.29, 0.717) is 11.5 Å². The minimum Gasteiger partial charge on any atom is -0.366 e. The monoisotopic (exact) mass is 288 g/mol. The van der Waals surface area contributed by atoms with Crippen LogP contribution >= 0.6 is 0 Å². The smallest absolute Gasteiger partial charge is 0.250 e. The number of aryl methyl sites for hydroxylation is 1. The van der Waals surface area contributed by atoms with E-state index >= 15 is 0 Å². The van der Waals surface area contributed by atoms with Crippen LogP contribution in [0, 0.1) is 6.92 Å². The molecular weight excluding hydrogens is 268 g/mol. The van der Waals surface area contributed by atoms with Crippen LogP contribution in [0.5, 0.6) is 0 Å². The van der Waals surface area contributed by atoms with E-state index in [-0.39, 0.29) is 18.1 Å². The fourth-order valence-electron chi connectivity index (χ4n) is 1.76. The standard InChI is InChI=1S/C15H20N4O2/c1-11-16-8-9-19(11)14-12(6-5-7-17-14)18-13(20)10-21-15(2,3)4/h5-9H,10H2,1-4H3,(H,18,20). The van der Waals surface area contributed by atoms with E-state index in [1.54, 1.807) is 30.7 Å². The zero-order valence-corrected chi connectivity index (χ0v) is 12.8. The van der Waals surface area contributed by atoms with Gasteiger partial charge in [0.05, 0.1) is 11.3 Å². The number of imidazole rings is 1. The molecule has 0 aliphatic rings. The number of ether oxygens (including phenoxy) is 1. The quantitative estimate of drug-likeness (QED) is 0.937. The summed E-state index contributed by atoms with van der Waals surface area (Å²) in [6.07, 6.45) is 5.17. The van der Waals surface area contributed by atoms with Crippen LogP contribution in [0.4, 0.5) is 5.69 Å². The van der Waals surface area contributed by atoms with Crippen molar-refractivity contribution in [3.8, 4) is 5.82 Å². The number of rotatable bonds is 4. The van der Waals surface area contributed by atoms with E-state index in [1.807, 2.05) is 32.3 Å². The van der Waals surface area contributed by atoms with Gasteiger partial charge in [0.2, 0.25) is 5.91 Å². The van der Waals surface area contributed by atoms with Crippen LogP contribution in [-0.2, 0) is 9.53 Å². The summed E-state index contributed by atoms with van der Waals surface area (Å²) in [5.74, 6) is 1.23. The lowest BCUT2D eigenvalue weighted by atomic mass is 10.2. The third-order valence-electron chi connectivity index (χ3n) is 2.75. The fourth-order valence-corrected chi connectivity index (χ4v) is 1.76. The Morgan fingerprint density at radius 3 is 2.71 bits per heavy atom. The number of amides is 1. The largest absolute Gasteiger partial charge is 0.366 e. The molecule has 0 aromatic carbocycles. The third-order valence-corrected chi connectivity index (χ3v) is 2.75.